The number of quaternary nitrogens is 1. The largest absolute Gasteiger partial charge is 0.472 e. The maximum Gasteiger partial charge on any atom is 0.472 e. The number of hydrogen-bond acceptors (Lipinski definition) is 6. The molecule has 0 saturated carbocycles. The Kier molecular flexibility index (Phi) is 52.8. The average Bonchev–Trinajstić information content (AvgIpc) is 3.36. The van der Waals surface area contributed by atoms with Gasteiger partial charge in [-0.15, -0.1) is 0 Å². The number of likely N-dealkylation sites (N-methyl/N-ethyl adjacent to an activating group) is 1. The molecule has 434 valence electrons. The summed E-state index contributed by atoms with van der Waals surface area (Å²) in [5.74, 6) is -0.518. The van der Waals surface area contributed by atoms with Crippen molar-refractivity contribution >= 4 is 19.7 Å². The van der Waals surface area contributed by atoms with Gasteiger partial charge >= 0.3 is 13.8 Å². The summed E-state index contributed by atoms with van der Waals surface area (Å²) in [5.41, 5.74) is 0. The molecule has 3 atom stereocenters. The molecule has 9 nitrogen and oxygen atoms in total. The lowest BCUT2D eigenvalue weighted by molar-refractivity contribution is -0.870. The van der Waals surface area contributed by atoms with Gasteiger partial charge in [-0.25, -0.2) is 4.57 Å². The summed E-state index contributed by atoms with van der Waals surface area (Å²) in [7, 11) is 1.49. The van der Waals surface area contributed by atoms with Crippen LogP contribution in [0, 0.1) is 0 Å². The summed E-state index contributed by atoms with van der Waals surface area (Å²) in [4.78, 5) is 37.7. The zero-order valence-corrected chi connectivity index (χ0v) is 50.5. The normalized spacial score (nSPS) is 14.0. The Balaban J connectivity index is 5.12. The van der Waals surface area contributed by atoms with E-state index in [2.05, 4.69) is 62.5 Å². The second-order valence-electron chi connectivity index (χ2n) is 22.6. The van der Waals surface area contributed by atoms with Crippen LogP contribution in [-0.2, 0) is 27.9 Å². The summed E-state index contributed by atoms with van der Waals surface area (Å²) in [5, 5.41) is 3.04. The fraction of sp³-hybridized carbons (Fsp3) is 0.844. The van der Waals surface area contributed by atoms with Gasteiger partial charge in [0.25, 0.3) is 0 Å². The van der Waals surface area contributed by atoms with Crippen molar-refractivity contribution in [3.05, 3.63) is 48.6 Å². The van der Waals surface area contributed by atoms with Crippen molar-refractivity contribution in [1.82, 2.24) is 5.32 Å². The molecule has 0 saturated heterocycles. The number of carbonyl (C=O) groups is 2. The first-order valence-electron chi connectivity index (χ1n) is 31.5. The van der Waals surface area contributed by atoms with Gasteiger partial charge in [0.1, 0.15) is 19.3 Å². The van der Waals surface area contributed by atoms with E-state index in [4.69, 9.17) is 13.8 Å². The summed E-state index contributed by atoms with van der Waals surface area (Å²) in [6.07, 6.45) is 66.9. The number of carbonyl (C=O) groups excluding carboxylic acids is 2. The van der Waals surface area contributed by atoms with Gasteiger partial charge in [-0.3, -0.25) is 18.6 Å². The van der Waals surface area contributed by atoms with Gasteiger partial charge in [-0.2, -0.15) is 0 Å². The molecule has 0 rings (SSSR count). The number of allylic oxidation sites excluding steroid dienone is 7. The van der Waals surface area contributed by atoms with Crippen LogP contribution >= 0.6 is 7.82 Å². The average molecular weight is 1060 g/mol. The Hall–Kier alpha value is -2.03. The molecule has 3 unspecified atom stereocenters. The first-order valence-corrected chi connectivity index (χ1v) is 33.0. The molecule has 2 N–H and O–H groups in total. The van der Waals surface area contributed by atoms with Crippen LogP contribution in [0.5, 0.6) is 0 Å². The zero-order chi connectivity index (χ0) is 54.3. The monoisotopic (exact) mass is 1060 g/mol. The van der Waals surface area contributed by atoms with Gasteiger partial charge in [0.15, 0.2) is 0 Å². The topological polar surface area (TPSA) is 111 Å². The second-order valence-corrected chi connectivity index (χ2v) is 24.1. The molecule has 0 heterocycles. The van der Waals surface area contributed by atoms with E-state index < -0.39 is 20.0 Å². The Morgan fingerprint density at radius 3 is 1.28 bits per heavy atom. The summed E-state index contributed by atoms with van der Waals surface area (Å²) >= 11 is 0. The number of unbranched alkanes of at least 4 members (excludes halogenated alkanes) is 37. The molecule has 0 aliphatic rings. The standard InChI is InChI=1S/C64H121N2O7P/c1-7-10-13-16-19-22-25-28-29-30-31-32-33-34-35-36-37-39-42-45-48-51-54-57-64(68)73-62(55-52-49-46-43-40-27-24-21-18-15-12-9-3)61(60-72-74(69,70)71-59-58-66(4,5)6)65-63(67)56-53-50-47-44-41-38-26-23-20-17-14-11-8-2/h11,14,17,20,23,26,52,55,61-62H,7-10,12-13,15-16,18-19,21-22,24-25,27-51,53-54,56-60H2,1-6H3,(H-,65,67,69,70)/p+1/b14-11+,20-17+,26-23-,55-52-. The Labute approximate surface area is 458 Å². The van der Waals surface area contributed by atoms with Crippen LogP contribution in [0.1, 0.15) is 297 Å². The number of phosphoric ester groups is 1. The number of esters is 1. The number of phosphoric acid groups is 1. The molecular weight excluding hydrogens is 940 g/mol. The maximum absolute atomic E-state index is 13.5. The molecule has 0 aliphatic carbocycles. The number of hydrogen-bond donors (Lipinski definition) is 2. The van der Waals surface area contributed by atoms with Crippen molar-refractivity contribution in [2.24, 2.45) is 0 Å². The van der Waals surface area contributed by atoms with Gasteiger partial charge < -0.3 is 19.4 Å². The molecule has 0 spiro atoms. The second kappa shape index (κ2) is 54.3. The van der Waals surface area contributed by atoms with Crippen molar-refractivity contribution in [2.75, 3.05) is 40.9 Å². The summed E-state index contributed by atoms with van der Waals surface area (Å²) < 4.78 is 30.7. The Bertz CT molecular complexity index is 1410. The lowest BCUT2D eigenvalue weighted by atomic mass is 10.0. The van der Waals surface area contributed by atoms with E-state index >= 15 is 0 Å². The van der Waals surface area contributed by atoms with Gasteiger partial charge in [0.05, 0.1) is 33.8 Å². The number of amides is 1. The molecule has 0 aromatic rings. The molecule has 1 amide bonds. The lowest BCUT2D eigenvalue weighted by Gasteiger charge is -2.27. The lowest BCUT2D eigenvalue weighted by Crippen LogP contribution is -2.47. The van der Waals surface area contributed by atoms with Crippen molar-refractivity contribution in [3.8, 4) is 0 Å². The predicted octanol–water partition coefficient (Wildman–Crippen LogP) is 19.3. The van der Waals surface area contributed by atoms with Crippen LogP contribution in [0.3, 0.4) is 0 Å². The van der Waals surface area contributed by atoms with E-state index in [1.807, 2.05) is 33.3 Å². The van der Waals surface area contributed by atoms with E-state index in [0.29, 0.717) is 23.9 Å². The first kappa shape index (κ1) is 72.0. The Morgan fingerprint density at radius 2 is 0.865 bits per heavy atom. The van der Waals surface area contributed by atoms with Gasteiger partial charge in [-0.05, 0) is 51.0 Å². The highest BCUT2D eigenvalue weighted by Gasteiger charge is 2.30. The van der Waals surface area contributed by atoms with Crippen molar-refractivity contribution < 1.29 is 37.3 Å². The highest BCUT2D eigenvalue weighted by molar-refractivity contribution is 7.47. The quantitative estimate of drug-likeness (QED) is 0.0156. The predicted molar refractivity (Wildman–Crippen MR) is 319 cm³/mol. The summed E-state index contributed by atoms with van der Waals surface area (Å²) in [6, 6.07) is -0.856. The molecule has 0 fully saturated rings. The van der Waals surface area contributed by atoms with Crippen LogP contribution in [0.2, 0.25) is 0 Å². The van der Waals surface area contributed by atoms with Gasteiger partial charge in [0, 0.05) is 12.8 Å². The molecule has 0 radical (unpaired) electrons. The highest BCUT2D eigenvalue weighted by atomic mass is 31.2. The van der Waals surface area contributed by atoms with E-state index in [9.17, 15) is 19.0 Å². The zero-order valence-electron chi connectivity index (χ0n) is 49.6. The third-order valence-electron chi connectivity index (χ3n) is 14.1. The van der Waals surface area contributed by atoms with Crippen molar-refractivity contribution in [1.29, 1.82) is 0 Å². The van der Waals surface area contributed by atoms with Crippen LogP contribution in [0.4, 0.5) is 0 Å². The van der Waals surface area contributed by atoms with Crippen LogP contribution in [-0.4, -0.2) is 74.3 Å². The number of nitrogens with zero attached hydrogens (tertiary/aromatic N) is 1. The van der Waals surface area contributed by atoms with Crippen molar-refractivity contribution in [3.63, 3.8) is 0 Å². The van der Waals surface area contributed by atoms with E-state index in [1.165, 1.54) is 180 Å². The van der Waals surface area contributed by atoms with E-state index in [1.54, 1.807) is 0 Å². The molecule has 74 heavy (non-hydrogen) atoms. The molecular formula is C64H122N2O7P+. The third-order valence-corrected chi connectivity index (χ3v) is 15.1. The van der Waals surface area contributed by atoms with Gasteiger partial charge in [-0.1, -0.05) is 282 Å². The fourth-order valence-corrected chi connectivity index (χ4v) is 9.97. The minimum Gasteiger partial charge on any atom is -0.456 e. The Morgan fingerprint density at radius 1 is 0.486 bits per heavy atom. The number of nitrogens with one attached hydrogen (secondary N) is 1. The van der Waals surface area contributed by atoms with E-state index in [-0.39, 0.29) is 25.1 Å². The number of rotatable bonds is 57. The first-order chi connectivity index (χ1) is 35.9. The molecule has 10 heteroatoms. The van der Waals surface area contributed by atoms with E-state index in [0.717, 1.165) is 83.5 Å². The third kappa shape index (κ3) is 54.7. The SMILES string of the molecule is CC/C=C/C=C/C=C\CCCCCCCC(=O)NC(COP(=O)(O)OCC[N+](C)(C)C)C(/C=C\CCCCCCCCCCCC)OC(=O)CCCCCCCCCCCCCCCCCCCCCCCCC. The van der Waals surface area contributed by atoms with Crippen molar-refractivity contribution in [2.45, 2.75) is 309 Å². The molecule has 0 aromatic carbocycles. The summed E-state index contributed by atoms with van der Waals surface area (Å²) in [6.45, 7) is 6.89. The highest BCUT2D eigenvalue weighted by Crippen LogP contribution is 2.43. The maximum atomic E-state index is 13.5. The smallest absolute Gasteiger partial charge is 0.456 e. The molecule has 0 aromatic heterocycles. The fourth-order valence-electron chi connectivity index (χ4n) is 9.24. The van der Waals surface area contributed by atoms with Crippen LogP contribution in [0.15, 0.2) is 48.6 Å². The number of ether oxygens (including phenoxy) is 1. The van der Waals surface area contributed by atoms with Crippen LogP contribution < -0.4 is 5.32 Å². The van der Waals surface area contributed by atoms with Gasteiger partial charge in [0.2, 0.25) is 5.91 Å². The minimum absolute atomic E-state index is 0.0367. The van der Waals surface area contributed by atoms with Crippen LogP contribution in [0.25, 0.3) is 0 Å². The molecule has 0 bridgehead atoms. The molecule has 0 aliphatic heterocycles. The minimum atomic E-state index is -4.45.